The first kappa shape index (κ1) is 18.6. The Balaban J connectivity index is 1.27. The first-order valence-corrected chi connectivity index (χ1v) is 9.08. The number of H-pyrrole nitrogens is 1. The minimum atomic E-state index is -0.611. The maximum atomic E-state index is 13.2. The lowest BCUT2D eigenvalue weighted by Gasteiger charge is -2.15. The molecule has 1 saturated heterocycles. The van der Waals surface area contributed by atoms with E-state index in [2.05, 4.69) is 15.1 Å². The molecule has 3 aromatic rings. The number of nitrogens with zero attached hydrogens (tertiary/aromatic N) is 3. The number of imidazole rings is 1. The second-order valence-electron chi connectivity index (χ2n) is 7.10. The standard InChI is InChI=1S/C19H21FN4O4/c1-11-4-14(28-23-11)5-12-7-24(8-17(12)25)19(26)10-27-9-18-21-15-3-2-13(20)6-16(15)22-18/h2-4,6,12,17,25H,5,7-10H2,1H3,(H,21,22)/t12-,17+/m1/s1. The molecule has 8 nitrogen and oxygen atoms in total. The minimum absolute atomic E-state index is 0.0958. The number of aromatic amines is 1. The molecule has 9 heteroatoms. The van der Waals surface area contributed by atoms with E-state index in [1.165, 1.54) is 12.1 Å². The summed E-state index contributed by atoms with van der Waals surface area (Å²) in [6, 6.07) is 6.11. The van der Waals surface area contributed by atoms with Gasteiger partial charge in [-0.1, -0.05) is 5.16 Å². The van der Waals surface area contributed by atoms with E-state index in [1.807, 2.05) is 13.0 Å². The largest absolute Gasteiger partial charge is 0.391 e. The van der Waals surface area contributed by atoms with Crippen LogP contribution in [-0.2, 0) is 22.6 Å². The second kappa shape index (κ2) is 7.69. The molecule has 0 saturated carbocycles. The van der Waals surface area contributed by atoms with E-state index in [9.17, 15) is 14.3 Å². The number of carbonyl (C=O) groups excluding carboxylic acids is 1. The molecule has 2 aromatic heterocycles. The number of aromatic nitrogens is 3. The van der Waals surface area contributed by atoms with E-state index in [0.717, 1.165) is 5.69 Å². The first-order chi connectivity index (χ1) is 13.5. The second-order valence-corrected chi connectivity index (χ2v) is 7.10. The van der Waals surface area contributed by atoms with Crippen LogP contribution in [0.1, 0.15) is 17.3 Å². The summed E-state index contributed by atoms with van der Waals surface area (Å²) in [6.07, 6.45) is -0.0815. The van der Waals surface area contributed by atoms with Gasteiger partial charge in [0, 0.05) is 31.5 Å². The summed E-state index contributed by atoms with van der Waals surface area (Å²) in [5.41, 5.74) is 2.01. The molecule has 1 fully saturated rings. The van der Waals surface area contributed by atoms with E-state index in [1.54, 1.807) is 11.0 Å². The fourth-order valence-electron chi connectivity index (χ4n) is 3.46. The van der Waals surface area contributed by atoms with Crippen LogP contribution in [0.5, 0.6) is 0 Å². The van der Waals surface area contributed by atoms with E-state index >= 15 is 0 Å². The molecule has 2 atom stereocenters. The molecular formula is C19H21FN4O4. The van der Waals surface area contributed by atoms with Crippen LogP contribution in [-0.4, -0.2) is 56.8 Å². The van der Waals surface area contributed by atoms with Crippen LogP contribution in [0.2, 0.25) is 0 Å². The van der Waals surface area contributed by atoms with Crippen LogP contribution < -0.4 is 0 Å². The van der Waals surface area contributed by atoms with Gasteiger partial charge in [0.05, 0.1) is 22.8 Å². The van der Waals surface area contributed by atoms with Crippen molar-refractivity contribution in [3.63, 3.8) is 0 Å². The minimum Gasteiger partial charge on any atom is -0.391 e. The Morgan fingerprint density at radius 3 is 3.07 bits per heavy atom. The lowest BCUT2D eigenvalue weighted by atomic mass is 10.0. The van der Waals surface area contributed by atoms with Crippen LogP contribution in [0.3, 0.4) is 0 Å². The van der Waals surface area contributed by atoms with Gasteiger partial charge in [-0.3, -0.25) is 4.79 Å². The molecule has 148 valence electrons. The molecule has 2 N–H and O–H groups in total. The maximum Gasteiger partial charge on any atom is 0.248 e. The van der Waals surface area contributed by atoms with Crippen molar-refractivity contribution < 1.29 is 23.6 Å². The number of ether oxygens (including phenoxy) is 1. The molecule has 0 unspecified atom stereocenters. The topological polar surface area (TPSA) is 104 Å². The number of β-amino-alcohol motifs (C(OH)–C–C–N with tert-alkyl or cyclic N) is 1. The number of aryl methyl sites for hydroxylation is 1. The van der Waals surface area contributed by atoms with Crippen molar-refractivity contribution in [2.24, 2.45) is 5.92 Å². The van der Waals surface area contributed by atoms with Gasteiger partial charge < -0.3 is 24.3 Å². The number of rotatable bonds is 6. The number of carbonyl (C=O) groups is 1. The third kappa shape index (κ3) is 4.05. The fraction of sp³-hybridized carbons (Fsp3) is 0.421. The number of amides is 1. The normalized spacial score (nSPS) is 19.6. The molecule has 0 aliphatic carbocycles. The van der Waals surface area contributed by atoms with Gasteiger partial charge in [0.25, 0.3) is 0 Å². The summed E-state index contributed by atoms with van der Waals surface area (Å²) in [7, 11) is 0. The summed E-state index contributed by atoms with van der Waals surface area (Å²) in [5.74, 6) is 0.585. The van der Waals surface area contributed by atoms with Gasteiger partial charge in [0.15, 0.2) is 0 Å². The summed E-state index contributed by atoms with van der Waals surface area (Å²) in [6.45, 7) is 2.53. The predicted molar refractivity (Wildman–Crippen MR) is 96.7 cm³/mol. The molecule has 3 heterocycles. The quantitative estimate of drug-likeness (QED) is 0.664. The number of fused-ring (bicyclic) bond motifs is 1. The van der Waals surface area contributed by atoms with Crippen molar-refractivity contribution in [3.05, 3.63) is 47.4 Å². The van der Waals surface area contributed by atoms with Crippen molar-refractivity contribution in [2.75, 3.05) is 19.7 Å². The molecule has 0 spiro atoms. The summed E-state index contributed by atoms with van der Waals surface area (Å²) in [5, 5.41) is 14.1. The molecule has 28 heavy (non-hydrogen) atoms. The smallest absolute Gasteiger partial charge is 0.248 e. The van der Waals surface area contributed by atoms with E-state index in [-0.39, 0.29) is 37.4 Å². The highest BCUT2D eigenvalue weighted by atomic mass is 19.1. The fourth-order valence-corrected chi connectivity index (χ4v) is 3.46. The van der Waals surface area contributed by atoms with Gasteiger partial charge in [-0.15, -0.1) is 0 Å². The van der Waals surface area contributed by atoms with Crippen LogP contribution in [0, 0.1) is 18.7 Å². The molecule has 4 rings (SSSR count). The van der Waals surface area contributed by atoms with E-state index < -0.39 is 6.10 Å². The lowest BCUT2D eigenvalue weighted by Crippen LogP contribution is -2.32. The Labute approximate surface area is 160 Å². The zero-order chi connectivity index (χ0) is 19.7. The molecule has 0 radical (unpaired) electrons. The summed E-state index contributed by atoms with van der Waals surface area (Å²) in [4.78, 5) is 21.2. The number of halogens is 1. The lowest BCUT2D eigenvalue weighted by molar-refractivity contribution is -0.136. The van der Waals surface area contributed by atoms with Gasteiger partial charge in [0.1, 0.15) is 30.6 Å². The van der Waals surface area contributed by atoms with Crippen LogP contribution in [0.15, 0.2) is 28.8 Å². The number of aliphatic hydroxyl groups excluding tert-OH is 1. The van der Waals surface area contributed by atoms with Gasteiger partial charge in [-0.25, -0.2) is 9.37 Å². The average molecular weight is 388 g/mol. The highest BCUT2D eigenvalue weighted by Crippen LogP contribution is 2.22. The number of aliphatic hydroxyl groups is 1. The van der Waals surface area contributed by atoms with Crippen LogP contribution in [0.25, 0.3) is 11.0 Å². The third-order valence-electron chi connectivity index (χ3n) is 4.86. The number of benzene rings is 1. The highest BCUT2D eigenvalue weighted by Gasteiger charge is 2.34. The van der Waals surface area contributed by atoms with Crippen molar-refractivity contribution >= 4 is 16.9 Å². The Bertz CT molecular complexity index is 985. The van der Waals surface area contributed by atoms with Gasteiger partial charge in [-0.05, 0) is 25.1 Å². The average Bonchev–Trinajstić information content (AvgIpc) is 3.34. The first-order valence-electron chi connectivity index (χ1n) is 9.08. The maximum absolute atomic E-state index is 13.2. The molecule has 1 aromatic carbocycles. The van der Waals surface area contributed by atoms with Crippen molar-refractivity contribution in [2.45, 2.75) is 26.1 Å². The third-order valence-corrected chi connectivity index (χ3v) is 4.86. The highest BCUT2D eigenvalue weighted by molar-refractivity contribution is 5.78. The molecular weight excluding hydrogens is 367 g/mol. The zero-order valence-corrected chi connectivity index (χ0v) is 15.4. The van der Waals surface area contributed by atoms with Crippen LogP contribution >= 0.6 is 0 Å². The number of hydrogen-bond acceptors (Lipinski definition) is 6. The van der Waals surface area contributed by atoms with Crippen molar-refractivity contribution in [1.82, 2.24) is 20.0 Å². The van der Waals surface area contributed by atoms with E-state index in [0.29, 0.717) is 35.6 Å². The summed E-state index contributed by atoms with van der Waals surface area (Å²) >= 11 is 0. The zero-order valence-electron chi connectivity index (χ0n) is 15.4. The summed E-state index contributed by atoms with van der Waals surface area (Å²) < 4.78 is 23.9. The molecule has 0 bridgehead atoms. The molecule has 1 aliphatic heterocycles. The molecule has 1 amide bonds. The number of nitrogens with one attached hydrogen (secondary N) is 1. The SMILES string of the molecule is Cc1cc(C[C@@H]2CN(C(=O)COCc3nc4ccc(F)cc4[nH]3)C[C@@H]2O)on1. The monoisotopic (exact) mass is 388 g/mol. The Hall–Kier alpha value is -2.78. The number of hydrogen-bond donors (Lipinski definition) is 2. The van der Waals surface area contributed by atoms with E-state index in [4.69, 9.17) is 9.26 Å². The van der Waals surface area contributed by atoms with Crippen molar-refractivity contribution in [3.8, 4) is 0 Å². The Morgan fingerprint density at radius 2 is 2.29 bits per heavy atom. The Morgan fingerprint density at radius 1 is 1.43 bits per heavy atom. The Kier molecular flexibility index (Phi) is 5.10. The van der Waals surface area contributed by atoms with Gasteiger partial charge in [0.2, 0.25) is 5.91 Å². The van der Waals surface area contributed by atoms with Gasteiger partial charge >= 0.3 is 0 Å². The van der Waals surface area contributed by atoms with Crippen molar-refractivity contribution in [1.29, 1.82) is 0 Å². The number of likely N-dealkylation sites (tertiary alicyclic amines) is 1. The predicted octanol–water partition coefficient (Wildman–Crippen LogP) is 1.58. The van der Waals surface area contributed by atoms with Crippen LogP contribution in [0.4, 0.5) is 4.39 Å². The van der Waals surface area contributed by atoms with Gasteiger partial charge in [-0.2, -0.15) is 0 Å². The molecule has 1 aliphatic rings.